The number of amides is 1. The van der Waals surface area contributed by atoms with Gasteiger partial charge in [-0.2, -0.15) is 0 Å². The van der Waals surface area contributed by atoms with E-state index in [0.29, 0.717) is 19.7 Å². The molecule has 6 heteroatoms. The summed E-state index contributed by atoms with van der Waals surface area (Å²) in [4.78, 5) is 19.8. The van der Waals surface area contributed by atoms with Crippen LogP contribution in [0.4, 0.5) is 4.39 Å². The summed E-state index contributed by atoms with van der Waals surface area (Å²) < 4.78 is 19.2. The van der Waals surface area contributed by atoms with Crippen LogP contribution in [0.3, 0.4) is 0 Å². The number of hydrogen-bond donors (Lipinski definition) is 0. The number of carbonyl (C=O) groups excluding carboxylic acids is 1. The average Bonchev–Trinajstić information content (AvgIpc) is 3.30. The first-order chi connectivity index (χ1) is 14.4. The summed E-state index contributed by atoms with van der Waals surface area (Å²) in [6.45, 7) is 10.4. The fourth-order valence-electron chi connectivity index (χ4n) is 4.32. The third-order valence-corrected chi connectivity index (χ3v) is 6.78. The molecular weight excluding hydrogens is 399 g/mol. The van der Waals surface area contributed by atoms with Gasteiger partial charge in [0.15, 0.2) is 0 Å². The molecule has 3 rings (SSSR count). The summed E-state index contributed by atoms with van der Waals surface area (Å²) >= 11 is 1.83. The number of carbonyl (C=O) groups is 1. The van der Waals surface area contributed by atoms with Gasteiger partial charge in [0.05, 0.1) is 6.61 Å². The van der Waals surface area contributed by atoms with Crippen molar-refractivity contribution in [2.24, 2.45) is 11.8 Å². The molecule has 0 unspecified atom stereocenters. The van der Waals surface area contributed by atoms with E-state index in [2.05, 4.69) is 24.0 Å². The lowest BCUT2D eigenvalue weighted by Crippen LogP contribution is -2.41. The van der Waals surface area contributed by atoms with E-state index in [4.69, 9.17) is 4.74 Å². The predicted molar refractivity (Wildman–Crippen MR) is 120 cm³/mol. The first-order valence-electron chi connectivity index (χ1n) is 10.7. The van der Waals surface area contributed by atoms with Crippen LogP contribution in [0, 0.1) is 24.6 Å². The van der Waals surface area contributed by atoms with Crippen molar-refractivity contribution in [2.45, 2.75) is 33.2 Å². The van der Waals surface area contributed by atoms with Gasteiger partial charge in [-0.25, -0.2) is 4.39 Å². The van der Waals surface area contributed by atoms with Crippen molar-refractivity contribution >= 4 is 17.2 Å². The van der Waals surface area contributed by atoms with E-state index in [0.717, 1.165) is 25.2 Å². The van der Waals surface area contributed by atoms with Gasteiger partial charge in [-0.3, -0.25) is 9.69 Å². The molecule has 2 atom stereocenters. The largest absolute Gasteiger partial charge is 0.383 e. The minimum Gasteiger partial charge on any atom is -0.383 e. The molecule has 1 aromatic heterocycles. The van der Waals surface area contributed by atoms with Crippen LogP contribution >= 0.6 is 11.3 Å². The molecule has 4 nitrogen and oxygen atoms in total. The first kappa shape index (κ1) is 22.9. The SMILES string of the molecule is COCCN(C[C@@H]1CN(Cc2ccc(C)s2)C[C@@H]1c1cccc(F)c1)C(=O)C(C)C. The first-order valence-corrected chi connectivity index (χ1v) is 11.5. The summed E-state index contributed by atoms with van der Waals surface area (Å²) in [5.74, 6) is 0.353. The number of methoxy groups -OCH3 is 1. The Kier molecular flexibility index (Phi) is 8.03. The number of benzene rings is 1. The van der Waals surface area contributed by atoms with Crippen molar-refractivity contribution < 1.29 is 13.9 Å². The van der Waals surface area contributed by atoms with Gasteiger partial charge in [0.1, 0.15) is 5.82 Å². The Morgan fingerprint density at radius 2 is 2.10 bits per heavy atom. The minimum absolute atomic E-state index is 0.0546. The Morgan fingerprint density at radius 3 is 2.73 bits per heavy atom. The van der Waals surface area contributed by atoms with Crippen molar-refractivity contribution in [1.29, 1.82) is 0 Å². The van der Waals surface area contributed by atoms with E-state index in [-0.39, 0.29) is 29.5 Å². The van der Waals surface area contributed by atoms with Gasteiger partial charge in [-0.05, 0) is 42.7 Å². The van der Waals surface area contributed by atoms with Gasteiger partial charge in [0.25, 0.3) is 0 Å². The molecule has 0 spiro atoms. The molecule has 1 aliphatic heterocycles. The van der Waals surface area contributed by atoms with Gasteiger partial charge in [0.2, 0.25) is 5.91 Å². The summed E-state index contributed by atoms with van der Waals surface area (Å²) in [6.07, 6.45) is 0. The second-order valence-electron chi connectivity index (χ2n) is 8.56. The van der Waals surface area contributed by atoms with Crippen LogP contribution in [0.15, 0.2) is 36.4 Å². The van der Waals surface area contributed by atoms with Crippen LogP contribution < -0.4 is 0 Å². The maximum absolute atomic E-state index is 14.0. The maximum Gasteiger partial charge on any atom is 0.225 e. The lowest BCUT2D eigenvalue weighted by Gasteiger charge is -2.29. The molecule has 0 bridgehead atoms. The smallest absolute Gasteiger partial charge is 0.225 e. The summed E-state index contributed by atoms with van der Waals surface area (Å²) in [5.41, 5.74) is 1.02. The normalized spacial score (nSPS) is 19.5. The van der Waals surface area contributed by atoms with E-state index in [9.17, 15) is 9.18 Å². The zero-order valence-electron chi connectivity index (χ0n) is 18.4. The van der Waals surface area contributed by atoms with Crippen molar-refractivity contribution in [3.63, 3.8) is 0 Å². The summed E-state index contributed by atoms with van der Waals surface area (Å²) in [6, 6.07) is 11.3. The molecule has 0 N–H and O–H groups in total. The Balaban J connectivity index is 1.80. The van der Waals surface area contributed by atoms with E-state index in [1.165, 1.54) is 15.8 Å². The molecule has 0 radical (unpaired) electrons. The monoisotopic (exact) mass is 432 g/mol. The Morgan fingerprint density at radius 1 is 1.30 bits per heavy atom. The van der Waals surface area contributed by atoms with E-state index in [1.807, 2.05) is 36.2 Å². The number of aryl methyl sites for hydroxylation is 1. The highest BCUT2D eigenvalue weighted by Crippen LogP contribution is 2.35. The Labute approximate surface area is 183 Å². The van der Waals surface area contributed by atoms with Crippen LogP contribution in [-0.2, 0) is 16.1 Å². The van der Waals surface area contributed by atoms with Crippen molar-refractivity contribution in [3.8, 4) is 0 Å². The van der Waals surface area contributed by atoms with Crippen LogP contribution in [0.25, 0.3) is 0 Å². The topological polar surface area (TPSA) is 32.8 Å². The fraction of sp³-hybridized carbons (Fsp3) is 0.542. The molecule has 2 heterocycles. The molecule has 164 valence electrons. The maximum atomic E-state index is 14.0. The molecule has 1 aromatic carbocycles. The van der Waals surface area contributed by atoms with Gasteiger partial charge in [-0.1, -0.05) is 26.0 Å². The fourth-order valence-corrected chi connectivity index (χ4v) is 5.25. The lowest BCUT2D eigenvalue weighted by molar-refractivity contribution is -0.135. The zero-order valence-corrected chi connectivity index (χ0v) is 19.3. The van der Waals surface area contributed by atoms with Crippen molar-refractivity contribution in [3.05, 3.63) is 57.5 Å². The van der Waals surface area contributed by atoms with Gasteiger partial charge in [0, 0.05) is 61.4 Å². The zero-order chi connectivity index (χ0) is 21.7. The molecule has 1 fully saturated rings. The van der Waals surface area contributed by atoms with E-state index in [1.54, 1.807) is 19.2 Å². The Bertz CT molecular complexity index is 838. The number of thiophene rings is 1. The molecule has 1 aliphatic rings. The second-order valence-corrected chi connectivity index (χ2v) is 9.93. The van der Waals surface area contributed by atoms with Gasteiger partial charge < -0.3 is 9.64 Å². The molecular formula is C24H33FN2O2S. The molecule has 2 aromatic rings. The van der Waals surface area contributed by atoms with Crippen LogP contribution in [0.5, 0.6) is 0 Å². The number of hydrogen-bond acceptors (Lipinski definition) is 4. The highest BCUT2D eigenvalue weighted by atomic mass is 32.1. The average molecular weight is 433 g/mol. The number of rotatable bonds is 9. The van der Waals surface area contributed by atoms with Crippen LogP contribution in [-0.4, -0.2) is 55.6 Å². The predicted octanol–water partition coefficient (Wildman–Crippen LogP) is 4.54. The highest BCUT2D eigenvalue weighted by Gasteiger charge is 2.36. The van der Waals surface area contributed by atoms with Gasteiger partial charge >= 0.3 is 0 Å². The van der Waals surface area contributed by atoms with Crippen molar-refractivity contribution in [1.82, 2.24) is 9.80 Å². The number of nitrogens with zero attached hydrogens (tertiary/aromatic N) is 2. The third-order valence-electron chi connectivity index (χ3n) is 5.79. The molecule has 0 saturated carbocycles. The van der Waals surface area contributed by atoms with E-state index >= 15 is 0 Å². The van der Waals surface area contributed by atoms with Crippen LogP contribution in [0.2, 0.25) is 0 Å². The summed E-state index contributed by atoms with van der Waals surface area (Å²) in [7, 11) is 1.66. The number of likely N-dealkylation sites (tertiary alicyclic amines) is 1. The lowest BCUT2D eigenvalue weighted by atomic mass is 9.88. The van der Waals surface area contributed by atoms with Crippen LogP contribution in [0.1, 0.15) is 35.1 Å². The molecule has 30 heavy (non-hydrogen) atoms. The Hall–Kier alpha value is -1.76. The quantitative estimate of drug-likeness (QED) is 0.583. The second kappa shape index (κ2) is 10.5. The summed E-state index contributed by atoms with van der Waals surface area (Å²) in [5, 5.41) is 0. The number of halogens is 1. The molecule has 0 aliphatic carbocycles. The highest BCUT2D eigenvalue weighted by molar-refractivity contribution is 7.11. The molecule has 1 amide bonds. The number of ether oxygens (including phenoxy) is 1. The van der Waals surface area contributed by atoms with Crippen molar-refractivity contribution in [2.75, 3.05) is 39.9 Å². The minimum atomic E-state index is -0.201. The van der Waals surface area contributed by atoms with E-state index < -0.39 is 0 Å². The van der Waals surface area contributed by atoms with Gasteiger partial charge in [-0.15, -0.1) is 11.3 Å². The molecule has 1 saturated heterocycles. The standard InChI is InChI=1S/C24H33FN2O2S/c1-17(2)24(28)27(10-11-29-4)14-20-13-26(15-22-9-8-18(3)30-22)16-23(20)19-6-5-7-21(25)12-19/h5-9,12,17,20,23H,10-11,13-16H2,1-4H3/t20-,23+/m0/s1. The third kappa shape index (κ3) is 5.90.